The third kappa shape index (κ3) is 7.16. The van der Waals surface area contributed by atoms with E-state index >= 15 is 0 Å². The predicted molar refractivity (Wildman–Crippen MR) is 138 cm³/mol. The first-order valence-corrected chi connectivity index (χ1v) is 11.1. The minimum absolute atomic E-state index is 0. The van der Waals surface area contributed by atoms with E-state index in [2.05, 4.69) is 5.32 Å². The van der Waals surface area contributed by atoms with Gasteiger partial charge in [0.15, 0.2) is 0 Å². The largest absolute Gasteiger partial charge is 2.00 e. The Kier molecular flexibility index (Phi) is 11.1. The molecule has 0 saturated heterocycles. The van der Waals surface area contributed by atoms with Crippen LogP contribution in [0, 0.1) is 10.1 Å². The molecule has 188 valence electrons. The topological polar surface area (TPSA) is 111 Å². The molecule has 1 aliphatic rings. The standard InChI is InChI=1S/C26H29N3O6.Ca.2H/c1-17-22(25(30)34-4)24(20-11-8-12-21(15-20)29(32)33)23(18(2)27-17)26(31)35-14-13-28(3)16-19-9-6-5-7-10-19;;;/h5-12,15,24,27H,13-14,16H2,1-4H3;;;/q;+2;2*-1. The maximum Gasteiger partial charge on any atom is 2.00 e. The summed E-state index contributed by atoms with van der Waals surface area (Å²) in [7, 11) is 3.18. The maximum absolute atomic E-state index is 13.3. The van der Waals surface area contributed by atoms with Crippen LogP contribution in [-0.2, 0) is 25.6 Å². The van der Waals surface area contributed by atoms with E-state index in [0.29, 0.717) is 30.0 Å². The van der Waals surface area contributed by atoms with Crippen molar-refractivity contribution in [1.29, 1.82) is 0 Å². The minimum atomic E-state index is -0.877. The molecule has 36 heavy (non-hydrogen) atoms. The van der Waals surface area contributed by atoms with Gasteiger partial charge in [-0.3, -0.25) is 15.0 Å². The summed E-state index contributed by atoms with van der Waals surface area (Å²) in [4.78, 5) is 38.8. The molecule has 0 bridgehead atoms. The van der Waals surface area contributed by atoms with E-state index < -0.39 is 22.8 Å². The molecule has 2 aromatic carbocycles. The van der Waals surface area contributed by atoms with Crippen LogP contribution in [0.3, 0.4) is 0 Å². The normalized spacial score (nSPS) is 15.2. The molecule has 0 saturated carbocycles. The van der Waals surface area contributed by atoms with Crippen molar-refractivity contribution in [3.05, 3.63) is 98.4 Å². The number of benzene rings is 2. The van der Waals surface area contributed by atoms with Crippen LogP contribution in [0.25, 0.3) is 0 Å². The molecular weight excluding hydrogens is 490 g/mol. The Morgan fingerprint density at radius 2 is 1.69 bits per heavy atom. The number of allylic oxidation sites excluding steroid dienone is 2. The van der Waals surface area contributed by atoms with E-state index in [1.54, 1.807) is 19.9 Å². The number of carbonyl (C=O) groups excluding carboxylic acids is 2. The summed E-state index contributed by atoms with van der Waals surface area (Å²) in [6.45, 7) is 4.74. The number of nitro groups is 1. The zero-order chi connectivity index (χ0) is 25.5. The van der Waals surface area contributed by atoms with Gasteiger partial charge in [-0.15, -0.1) is 0 Å². The number of hydrogen-bond donors (Lipinski definition) is 1. The summed E-state index contributed by atoms with van der Waals surface area (Å²) in [6, 6.07) is 15.8. The van der Waals surface area contributed by atoms with Crippen LogP contribution in [0.1, 0.15) is 33.7 Å². The van der Waals surface area contributed by atoms with Crippen molar-refractivity contribution < 1.29 is 26.8 Å². The van der Waals surface area contributed by atoms with Crippen molar-refractivity contribution in [2.75, 3.05) is 27.3 Å². The molecule has 1 heterocycles. The van der Waals surface area contributed by atoms with E-state index in [9.17, 15) is 19.7 Å². The molecule has 0 fully saturated rings. The number of likely N-dealkylation sites (N-methyl/N-ethyl adjacent to an activating group) is 1. The number of methoxy groups -OCH3 is 1. The van der Waals surface area contributed by atoms with Crippen LogP contribution in [-0.4, -0.2) is 86.8 Å². The van der Waals surface area contributed by atoms with Crippen LogP contribution >= 0.6 is 0 Å². The van der Waals surface area contributed by atoms with Gasteiger partial charge in [0, 0.05) is 36.6 Å². The zero-order valence-corrected chi connectivity index (χ0v) is 23.2. The van der Waals surface area contributed by atoms with Crippen molar-refractivity contribution in [3.63, 3.8) is 0 Å². The van der Waals surface area contributed by atoms with Crippen LogP contribution in [0.5, 0.6) is 0 Å². The summed E-state index contributed by atoms with van der Waals surface area (Å²) >= 11 is 0. The van der Waals surface area contributed by atoms with Crippen molar-refractivity contribution in [1.82, 2.24) is 10.2 Å². The SMILES string of the molecule is COC(=O)C1=C(C)NC(C)=C(C(=O)OCCN(C)Cc2ccccc2)C1c1cccc([N+](=O)[O-])c1.[Ca+2].[H-].[H-]. The quantitative estimate of drug-likeness (QED) is 0.231. The third-order valence-corrected chi connectivity index (χ3v) is 5.80. The second-order valence-electron chi connectivity index (χ2n) is 8.34. The Labute approximate surface area is 243 Å². The Bertz CT molecular complexity index is 1190. The second kappa shape index (κ2) is 13.5. The average Bonchev–Trinajstić information content (AvgIpc) is 2.83. The van der Waals surface area contributed by atoms with Gasteiger partial charge in [0.05, 0.1) is 29.1 Å². The fraction of sp³-hybridized carbons (Fsp3) is 0.308. The van der Waals surface area contributed by atoms with Crippen LogP contribution in [0.2, 0.25) is 0 Å². The molecule has 10 heteroatoms. The maximum atomic E-state index is 13.3. The molecule has 0 spiro atoms. The van der Waals surface area contributed by atoms with Crippen LogP contribution in [0.4, 0.5) is 5.69 Å². The summed E-state index contributed by atoms with van der Waals surface area (Å²) in [5.41, 5.74) is 2.85. The van der Waals surface area contributed by atoms with Gasteiger partial charge in [0.2, 0.25) is 0 Å². The zero-order valence-electron chi connectivity index (χ0n) is 22.9. The molecule has 2 aromatic rings. The average molecular weight is 522 g/mol. The first kappa shape index (κ1) is 29.5. The Morgan fingerprint density at radius 1 is 1.06 bits per heavy atom. The fourth-order valence-corrected chi connectivity index (χ4v) is 4.14. The summed E-state index contributed by atoms with van der Waals surface area (Å²) < 4.78 is 10.6. The predicted octanol–water partition coefficient (Wildman–Crippen LogP) is 3.52. The minimum Gasteiger partial charge on any atom is -1.00 e. The molecule has 9 nitrogen and oxygen atoms in total. The molecular formula is C26H31CaN3O6. The van der Waals surface area contributed by atoms with Gasteiger partial charge in [-0.25, -0.2) is 9.59 Å². The van der Waals surface area contributed by atoms with Gasteiger partial charge in [-0.1, -0.05) is 42.5 Å². The van der Waals surface area contributed by atoms with E-state index in [1.165, 1.54) is 25.3 Å². The molecule has 1 aliphatic heterocycles. The van der Waals surface area contributed by atoms with Gasteiger partial charge < -0.3 is 17.6 Å². The van der Waals surface area contributed by atoms with Crippen molar-refractivity contribution in [2.24, 2.45) is 0 Å². The van der Waals surface area contributed by atoms with Crippen molar-refractivity contribution in [3.8, 4) is 0 Å². The first-order valence-electron chi connectivity index (χ1n) is 11.1. The second-order valence-corrected chi connectivity index (χ2v) is 8.34. The van der Waals surface area contributed by atoms with E-state index in [0.717, 1.165) is 5.56 Å². The number of nitrogens with one attached hydrogen (secondary N) is 1. The molecule has 0 radical (unpaired) electrons. The first-order chi connectivity index (χ1) is 16.7. The molecule has 0 amide bonds. The third-order valence-electron chi connectivity index (χ3n) is 5.80. The molecule has 1 unspecified atom stereocenters. The van der Waals surface area contributed by atoms with E-state index in [-0.39, 0.29) is 64.0 Å². The van der Waals surface area contributed by atoms with Crippen LogP contribution < -0.4 is 5.32 Å². The number of ether oxygens (including phenoxy) is 2. The Hall–Kier alpha value is -2.72. The summed E-state index contributed by atoms with van der Waals surface area (Å²) in [6.07, 6.45) is 0. The molecule has 1 atom stereocenters. The smallest absolute Gasteiger partial charge is 1.00 e. The molecule has 3 rings (SSSR count). The molecule has 0 aromatic heterocycles. The van der Waals surface area contributed by atoms with Crippen LogP contribution in [0.15, 0.2) is 77.1 Å². The van der Waals surface area contributed by atoms with Gasteiger partial charge in [0.1, 0.15) is 6.61 Å². The van der Waals surface area contributed by atoms with Crippen molar-refractivity contribution in [2.45, 2.75) is 26.3 Å². The van der Waals surface area contributed by atoms with Gasteiger partial charge in [-0.05, 0) is 32.0 Å². The van der Waals surface area contributed by atoms with E-state index in [1.807, 2.05) is 42.3 Å². The number of hydrogen-bond acceptors (Lipinski definition) is 8. The Morgan fingerprint density at radius 3 is 2.31 bits per heavy atom. The monoisotopic (exact) mass is 521 g/mol. The number of non-ortho nitro benzene ring substituents is 1. The molecule has 0 aliphatic carbocycles. The van der Waals surface area contributed by atoms with Crippen molar-refractivity contribution >= 4 is 55.4 Å². The number of dihydropyridines is 1. The van der Waals surface area contributed by atoms with Gasteiger partial charge in [-0.2, -0.15) is 0 Å². The fourth-order valence-electron chi connectivity index (χ4n) is 4.14. The summed E-state index contributed by atoms with van der Waals surface area (Å²) in [5, 5.41) is 14.4. The van der Waals surface area contributed by atoms with Gasteiger partial charge >= 0.3 is 49.7 Å². The number of nitrogens with zero attached hydrogens (tertiary/aromatic N) is 2. The number of carbonyl (C=O) groups is 2. The number of esters is 2. The number of rotatable bonds is 9. The Balaban J connectivity index is 0.00000456. The molecule has 1 N–H and O–H groups in total. The summed E-state index contributed by atoms with van der Waals surface area (Å²) in [5.74, 6) is -2.11. The number of nitro benzene ring substituents is 1. The van der Waals surface area contributed by atoms with Gasteiger partial charge in [0.25, 0.3) is 5.69 Å². The van der Waals surface area contributed by atoms with E-state index in [4.69, 9.17) is 9.47 Å².